The molecule has 2 atom stereocenters. The Bertz CT molecular complexity index is 360. The van der Waals surface area contributed by atoms with Crippen LogP contribution in [0, 0.1) is 0 Å². The molecule has 2 saturated heterocycles. The van der Waals surface area contributed by atoms with Crippen LogP contribution in [0.2, 0.25) is 0 Å². The second-order valence-corrected chi connectivity index (χ2v) is 6.26. The molecule has 8 heteroatoms. The van der Waals surface area contributed by atoms with Gasteiger partial charge in [-0.2, -0.15) is 12.7 Å². The lowest BCUT2D eigenvalue weighted by Crippen LogP contribution is -2.65. The highest BCUT2D eigenvalue weighted by molar-refractivity contribution is 7.86. The quantitative estimate of drug-likeness (QED) is 0.507. The number of hydrogen-bond donors (Lipinski definition) is 3. The van der Waals surface area contributed by atoms with Crippen molar-refractivity contribution in [3.05, 3.63) is 0 Å². The molecule has 2 unspecified atom stereocenters. The summed E-state index contributed by atoms with van der Waals surface area (Å²) in [7, 11) is -1.49. The largest absolute Gasteiger partial charge is 0.314 e. The molecule has 17 heavy (non-hydrogen) atoms. The molecule has 0 spiro atoms. The minimum absolute atomic E-state index is 0.139. The summed E-state index contributed by atoms with van der Waals surface area (Å²) in [5.74, 6) is 0. The van der Waals surface area contributed by atoms with Gasteiger partial charge in [0.2, 0.25) is 0 Å². The summed E-state index contributed by atoms with van der Waals surface area (Å²) in [4.78, 5) is 2.26. The number of nitrogens with one attached hydrogen (secondary N) is 2. The van der Waals surface area contributed by atoms with Gasteiger partial charge in [0, 0.05) is 51.4 Å². The van der Waals surface area contributed by atoms with Gasteiger partial charge in [0.1, 0.15) is 0 Å². The van der Waals surface area contributed by atoms with Crippen molar-refractivity contribution < 1.29 is 8.42 Å². The van der Waals surface area contributed by atoms with Gasteiger partial charge in [0.15, 0.2) is 0 Å². The Morgan fingerprint density at radius 3 is 2.71 bits per heavy atom. The molecule has 2 fully saturated rings. The van der Waals surface area contributed by atoms with Crippen LogP contribution in [0.15, 0.2) is 0 Å². The first kappa shape index (κ1) is 13.2. The highest BCUT2D eigenvalue weighted by Gasteiger charge is 2.33. The van der Waals surface area contributed by atoms with Crippen LogP contribution in [0.25, 0.3) is 0 Å². The van der Waals surface area contributed by atoms with Crippen molar-refractivity contribution in [2.24, 2.45) is 5.14 Å². The van der Waals surface area contributed by atoms with E-state index in [1.807, 2.05) is 0 Å². The van der Waals surface area contributed by atoms with E-state index in [9.17, 15) is 8.42 Å². The molecule has 0 amide bonds. The zero-order valence-electron chi connectivity index (χ0n) is 10.1. The second kappa shape index (κ2) is 5.17. The maximum Gasteiger partial charge on any atom is 0.276 e. The molecule has 0 saturated carbocycles. The van der Waals surface area contributed by atoms with E-state index in [1.54, 1.807) is 0 Å². The lowest BCUT2D eigenvalue weighted by molar-refractivity contribution is 0.131. The normalized spacial score (nSPS) is 33.8. The maximum absolute atomic E-state index is 11.3. The van der Waals surface area contributed by atoms with Crippen molar-refractivity contribution in [3.63, 3.8) is 0 Å². The van der Waals surface area contributed by atoms with Crippen LogP contribution in [0.1, 0.15) is 0 Å². The molecule has 0 aliphatic carbocycles. The summed E-state index contributed by atoms with van der Waals surface area (Å²) in [5.41, 5.74) is 0. The van der Waals surface area contributed by atoms with Gasteiger partial charge >= 0.3 is 0 Å². The Morgan fingerprint density at radius 1 is 1.29 bits per heavy atom. The van der Waals surface area contributed by atoms with Crippen molar-refractivity contribution >= 4 is 10.2 Å². The highest BCUT2D eigenvalue weighted by Crippen LogP contribution is 2.11. The summed E-state index contributed by atoms with van der Waals surface area (Å²) in [6.07, 6.45) is 0. The van der Waals surface area contributed by atoms with E-state index < -0.39 is 10.2 Å². The fourth-order valence-electron chi connectivity index (χ4n) is 2.52. The molecule has 2 rings (SSSR count). The average molecular weight is 263 g/mol. The zero-order valence-corrected chi connectivity index (χ0v) is 10.9. The van der Waals surface area contributed by atoms with E-state index in [0.29, 0.717) is 25.7 Å². The van der Waals surface area contributed by atoms with Crippen LogP contribution in [0.4, 0.5) is 0 Å². The molecule has 0 bridgehead atoms. The monoisotopic (exact) mass is 263 g/mol. The van der Waals surface area contributed by atoms with E-state index in [2.05, 4.69) is 22.6 Å². The van der Waals surface area contributed by atoms with Gasteiger partial charge in [-0.25, -0.2) is 5.14 Å². The smallest absolute Gasteiger partial charge is 0.276 e. The molecular formula is C9H21N5O2S. The van der Waals surface area contributed by atoms with Crippen molar-refractivity contribution in [1.29, 1.82) is 0 Å². The molecule has 100 valence electrons. The maximum atomic E-state index is 11.3. The van der Waals surface area contributed by atoms with E-state index in [4.69, 9.17) is 5.14 Å². The lowest BCUT2D eigenvalue weighted by atomic mass is 10.0. The Labute approximate surface area is 103 Å². The third-order valence-corrected chi connectivity index (χ3v) is 4.60. The van der Waals surface area contributed by atoms with Gasteiger partial charge in [-0.1, -0.05) is 0 Å². The van der Waals surface area contributed by atoms with Gasteiger partial charge in [0.25, 0.3) is 10.2 Å². The predicted octanol–water partition coefficient (Wildman–Crippen LogP) is -2.63. The molecule has 0 radical (unpaired) electrons. The topological polar surface area (TPSA) is 90.7 Å². The molecule has 2 heterocycles. The predicted molar refractivity (Wildman–Crippen MR) is 65.8 cm³/mol. The van der Waals surface area contributed by atoms with E-state index in [-0.39, 0.29) is 6.04 Å². The number of nitrogens with two attached hydrogens (primary N) is 1. The van der Waals surface area contributed by atoms with Crippen LogP contribution >= 0.6 is 0 Å². The first-order chi connectivity index (χ1) is 7.98. The standard InChI is InChI=1S/C9H21N5O2S/c1-13-4-2-11-6-9(13)8-7-14(5-3-12-8)17(10,15)16/h8-9,11-12H,2-7H2,1H3,(H2,10,15,16). The van der Waals surface area contributed by atoms with Crippen molar-refractivity contribution in [1.82, 2.24) is 19.8 Å². The van der Waals surface area contributed by atoms with Gasteiger partial charge in [-0.15, -0.1) is 0 Å². The Hall–Kier alpha value is -0.250. The molecule has 0 aromatic rings. The van der Waals surface area contributed by atoms with Crippen LogP contribution in [-0.4, -0.2) is 76.0 Å². The van der Waals surface area contributed by atoms with E-state index >= 15 is 0 Å². The molecule has 0 aromatic carbocycles. The first-order valence-corrected chi connectivity index (χ1v) is 7.41. The minimum atomic E-state index is -3.56. The van der Waals surface area contributed by atoms with Gasteiger partial charge < -0.3 is 10.6 Å². The second-order valence-electron chi connectivity index (χ2n) is 4.72. The number of piperazine rings is 2. The summed E-state index contributed by atoms with van der Waals surface area (Å²) >= 11 is 0. The van der Waals surface area contributed by atoms with Crippen LogP contribution in [-0.2, 0) is 10.2 Å². The lowest BCUT2D eigenvalue weighted by Gasteiger charge is -2.42. The Balaban J connectivity index is 2.01. The molecular weight excluding hydrogens is 242 g/mol. The number of nitrogens with zero attached hydrogens (tertiary/aromatic N) is 2. The third kappa shape index (κ3) is 3.15. The number of likely N-dealkylation sites (N-methyl/N-ethyl adjacent to an activating group) is 1. The fraction of sp³-hybridized carbons (Fsp3) is 1.00. The Kier molecular flexibility index (Phi) is 4.01. The molecule has 2 aliphatic rings. The van der Waals surface area contributed by atoms with Crippen molar-refractivity contribution in [2.75, 3.05) is 46.3 Å². The minimum Gasteiger partial charge on any atom is -0.314 e. The summed E-state index contributed by atoms with van der Waals surface area (Å²) in [6.45, 7) is 4.42. The molecule has 2 aliphatic heterocycles. The molecule has 4 N–H and O–H groups in total. The zero-order chi connectivity index (χ0) is 12.5. The summed E-state index contributed by atoms with van der Waals surface area (Å²) < 4.78 is 24.0. The van der Waals surface area contributed by atoms with E-state index in [1.165, 1.54) is 4.31 Å². The number of hydrogen-bond acceptors (Lipinski definition) is 5. The third-order valence-electron chi connectivity index (χ3n) is 3.55. The van der Waals surface area contributed by atoms with Crippen molar-refractivity contribution in [2.45, 2.75) is 12.1 Å². The fourth-order valence-corrected chi connectivity index (χ4v) is 3.23. The summed E-state index contributed by atoms with van der Waals surface area (Å²) in [6, 6.07) is 0.452. The van der Waals surface area contributed by atoms with Crippen molar-refractivity contribution in [3.8, 4) is 0 Å². The van der Waals surface area contributed by atoms with Crippen LogP contribution < -0.4 is 15.8 Å². The van der Waals surface area contributed by atoms with Crippen LogP contribution in [0.5, 0.6) is 0 Å². The summed E-state index contributed by atoms with van der Waals surface area (Å²) in [5, 5.41) is 11.9. The first-order valence-electron chi connectivity index (χ1n) is 5.90. The van der Waals surface area contributed by atoms with Gasteiger partial charge in [-0.3, -0.25) is 4.90 Å². The van der Waals surface area contributed by atoms with Gasteiger partial charge in [-0.05, 0) is 7.05 Å². The SMILES string of the molecule is CN1CCNCC1C1CN(S(N)(=O)=O)CCN1. The number of rotatable bonds is 2. The highest BCUT2D eigenvalue weighted by atomic mass is 32.2. The molecule has 0 aromatic heterocycles. The van der Waals surface area contributed by atoms with Gasteiger partial charge in [0.05, 0.1) is 0 Å². The van der Waals surface area contributed by atoms with E-state index in [0.717, 1.165) is 19.6 Å². The average Bonchev–Trinajstić information content (AvgIpc) is 2.29. The molecule has 7 nitrogen and oxygen atoms in total. The van der Waals surface area contributed by atoms with Crippen LogP contribution in [0.3, 0.4) is 0 Å². The Morgan fingerprint density at radius 2 is 2.06 bits per heavy atom.